The van der Waals surface area contributed by atoms with Crippen LogP contribution in [-0.4, -0.2) is 68.2 Å². The summed E-state index contributed by atoms with van der Waals surface area (Å²) in [5.74, 6) is -0.492. The van der Waals surface area contributed by atoms with Crippen LogP contribution in [0.5, 0.6) is 0 Å². The van der Waals surface area contributed by atoms with Crippen molar-refractivity contribution in [1.82, 2.24) is 15.7 Å². The van der Waals surface area contributed by atoms with Crippen LogP contribution in [0.2, 0.25) is 0 Å². The summed E-state index contributed by atoms with van der Waals surface area (Å²) in [6.07, 6.45) is -0.585. The van der Waals surface area contributed by atoms with E-state index in [0.29, 0.717) is 13.2 Å². The number of nitrogens with zero attached hydrogens (tertiary/aromatic N) is 1. The lowest BCUT2D eigenvalue weighted by Crippen LogP contribution is -2.44. The van der Waals surface area contributed by atoms with Gasteiger partial charge < -0.3 is 15.2 Å². The fraction of sp³-hybridized carbons (Fsp3) is 0.778. The molecule has 1 aliphatic rings. The van der Waals surface area contributed by atoms with Gasteiger partial charge in [0.1, 0.15) is 6.54 Å². The van der Waals surface area contributed by atoms with Crippen LogP contribution in [0.4, 0.5) is 4.79 Å². The molecule has 0 saturated carbocycles. The third-order valence-electron chi connectivity index (χ3n) is 2.03. The van der Waals surface area contributed by atoms with Crippen molar-refractivity contribution < 1.29 is 24.3 Å². The number of hydrogen-bond donors (Lipinski definition) is 3. The highest BCUT2D eigenvalue weighted by molar-refractivity contribution is 5.95. The van der Waals surface area contributed by atoms with Gasteiger partial charge in [-0.2, -0.15) is 5.06 Å². The smallest absolute Gasteiger partial charge is 0.321 e. The quantitative estimate of drug-likeness (QED) is 0.489. The molecule has 0 bridgehead atoms. The minimum atomic E-state index is -0.585. The summed E-state index contributed by atoms with van der Waals surface area (Å²) in [6.45, 7) is 1.05. The van der Waals surface area contributed by atoms with E-state index in [1.165, 1.54) is 12.2 Å². The van der Waals surface area contributed by atoms with Crippen molar-refractivity contribution in [3.63, 3.8) is 0 Å². The SMILES string of the molecule is COCCNC(=O)NC(=O)CN1C[C@@H](O)CO1. The van der Waals surface area contributed by atoms with Gasteiger partial charge in [-0.05, 0) is 0 Å². The van der Waals surface area contributed by atoms with Gasteiger partial charge in [0.25, 0.3) is 0 Å². The number of aliphatic hydroxyl groups is 1. The molecule has 17 heavy (non-hydrogen) atoms. The molecule has 0 aliphatic carbocycles. The number of nitrogens with one attached hydrogen (secondary N) is 2. The molecule has 0 spiro atoms. The standard InChI is InChI=1S/C9H17N3O5/c1-16-3-2-10-9(15)11-8(14)5-12-4-7(13)6-17-12/h7,13H,2-6H2,1H3,(H2,10,11,14,15)/t7-/m1/s1. The Morgan fingerprint density at radius 1 is 1.59 bits per heavy atom. The van der Waals surface area contributed by atoms with Gasteiger partial charge in [0, 0.05) is 13.7 Å². The molecule has 3 N–H and O–H groups in total. The fourth-order valence-corrected chi connectivity index (χ4v) is 1.28. The summed E-state index contributed by atoms with van der Waals surface area (Å²) in [5.41, 5.74) is 0. The number of methoxy groups -OCH3 is 1. The fourth-order valence-electron chi connectivity index (χ4n) is 1.28. The van der Waals surface area contributed by atoms with Gasteiger partial charge in [0.2, 0.25) is 5.91 Å². The van der Waals surface area contributed by atoms with Crippen LogP contribution >= 0.6 is 0 Å². The number of amides is 3. The Labute approximate surface area is 98.8 Å². The van der Waals surface area contributed by atoms with Crippen LogP contribution in [0.3, 0.4) is 0 Å². The Balaban J connectivity index is 2.13. The van der Waals surface area contributed by atoms with E-state index in [0.717, 1.165) is 0 Å². The molecular formula is C9H17N3O5. The lowest BCUT2D eigenvalue weighted by molar-refractivity contribution is -0.141. The van der Waals surface area contributed by atoms with E-state index in [1.807, 2.05) is 0 Å². The summed E-state index contributed by atoms with van der Waals surface area (Å²) >= 11 is 0. The molecule has 1 heterocycles. The first-order chi connectivity index (χ1) is 8.11. The molecule has 0 aromatic carbocycles. The lowest BCUT2D eigenvalue weighted by Gasteiger charge is -2.12. The molecule has 1 rings (SSSR count). The zero-order valence-corrected chi connectivity index (χ0v) is 9.64. The van der Waals surface area contributed by atoms with E-state index < -0.39 is 18.0 Å². The predicted octanol–water partition coefficient (Wildman–Crippen LogP) is -1.93. The highest BCUT2D eigenvalue weighted by Crippen LogP contribution is 2.03. The Kier molecular flexibility index (Phi) is 5.84. The third kappa shape index (κ3) is 5.59. The molecule has 0 aromatic heterocycles. The lowest BCUT2D eigenvalue weighted by atomic mass is 10.4. The van der Waals surface area contributed by atoms with Crippen molar-refractivity contribution in [3.05, 3.63) is 0 Å². The van der Waals surface area contributed by atoms with Gasteiger partial charge in [-0.3, -0.25) is 14.9 Å². The average Bonchev–Trinajstić information content (AvgIpc) is 2.64. The summed E-state index contributed by atoms with van der Waals surface area (Å²) in [7, 11) is 1.51. The maximum atomic E-state index is 11.3. The first kappa shape index (κ1) is 13.8. The molecule has 8 heteroatoms. The first-order valence-electron chi connectivity index (χ1n) is 5.24. The number of ether oxygens (including phenoxy) is 1. The van der Waals surface area contributed by atoms with Crippen LogP contribution in [0, 0.1) is 0 Å². The highest BCUT2D eigenvalue weighted by atomic mass is 16.7. The van der Waals surface area contributed by atoms with Crippen molar-refractivity contribution in [2.24, 2.45) is 0 Å². The molecule has 0 unspecified atom stereocenters. The normalized spacial score (nSPS) is 20.2. The zero-order chi connectivity index (χ0) is 12.7. The molecule has 98 valence electrons. The van der Waals surface area contributed by atoms with E-state index in [9.17, 15) is 9.59 Å². The Bertz CT molecular complexity index is 273. The second-order valence-electron chi connectivity index (χ2n) is 3.57. The van der Waals surface area contributed by atoms with Crippen molar-refractivity contribution in [1.29, 1.82) is 0 Å². The van der Waals surface area contributed by atoms with Crippen LogP contribution < -0.4 is 10.6 Å². The van der Waals surface area contributed by atoms with Gasteiger partial charge in [-0.1, -0.05) is 0 Å². The van der Waals surface area contributed by atoms with Gasteiger partial charge in [0.05, 0.1) is 25.9 Å². The number of aliphatic hydroxyl groups excluding tert-OH is 1. The van der Waals surface area contributed by atoms with Crippen LogP contribution in [-0.2, 0) is 14.4 Å². The Hall–Kier alpha value is -1.22. The summed E-state index contributed by atoms with van der Waals surface area (Å²) in [5, 5.41) is 15.0. The molecule has 3 amide bonds. The molecule has 1 atom stereocenters. The molecular weight excluding hydrogens is 230 g/mol. The second-order valence-corrected chi connectivity index (χ2v) is 3.57. The Morgan fingerprint density at radius 2 is 2.35 bits per heavy atom. The summed E-state index contributed by atoms with van der Waals surface area (Å²) < 4.78 is 4.73. The molecule has 1 saturated heterocycles. The number of hydroxylamine groups is 2. The number of hydrogen-bond acceptors (Lipinski definition) is 6. The number of imide groups is 1. The van der Waals surface area contributed by atoms with Gasteiger partial charge in [-0.15, -0.1) is 0 Å². The number of rotatable bonds is 5. The van der Waals surface area contributed by atoms with Crippen molar-refractivity contribution >= 4 is 11.9 Å². The third-order valence-corrected chi connectivity index (χ3v) is 2.03. The van der Waals surface area contributed by atoms with Gasteiger partial charge in [0.15, 0.2) is 0 Å². The number of carbonyl (C=O) groups is 2. The van der Waals surface area contributed by atoms with Gasteiger partial charge in [-0.25, -0.2) is 4.79 Å². The molecule has 0 radical (unpaired) electrons. The number of urea groups is 1. The number of carbonyl (C=O) groups excluding carboxylic acids is 2. The van der Waals surface area contributed by atoms with Gasteiger partial charge >= 0.3 is 6.03 Å². The van der Waals surface area contributed by atoms with Crippen molar-refractivity contribution in [3.8, 4) is 0 Å². The minimum absolute atomic E-state index is 0.0885. The monoisotopic (exact) mass is 247 g/mol. The maximum absolute atomic E-state index is 11.3. The van der Waals surface area contributed by atoms with Crippen LogP contribution in [0.15, 0.2) is 0 Å². The van der Waals surface area contributed by atoms with E-state index in [4.69, 9.17) is 14.7 Å². The van der Waals surface area contributed by atoms with E-state index in [2.05, 4.69) is 10.6 Å². The topological polar surface area (TPSA) is 100 Å². The van der Waals surface area contributed by atoms with Crippen molar-refractivity contribution in [2.75, 3.05) is 40.0 Å². The first-order valence-corrected chi connectivity index (χ1v) is 5.24. The maximum Gasteiger partial charge on any atom is 0.321 e. The summed E-state index contributed by atoms with van der Waals surface area (Å²) in [4.78, 5) is 27.5. The second kappa shape index (κ2) is 7.17. The van der Waals surface area contributed by atoms with Crippen molar-refractivity contribution in [2.45, 2.75) is 6.10 Å². The Morgan fingerprint density at radius 3 is 2.94 bits per heavy atom. The average molecular weight is 247 g/mol. The molecule has 1 fully saturated rings. The summed E-state index contributed by atoms with van der Waals surface area (Å²) in [6, 6.07) is -0.577. The number of β-amino-alcohol motifs (C(OH)–C–C–N with tert-alkyl or cyclic N) is 1. The largest absolute Gasteiger partial charge is 0.389 e. The van der Waals surface area contributed by atoms with Crippen LogP contribution in [0.25, 0.3) is 0 Å². The zero-order valence-electron chi connectivity index (χ0n) is 9.64. The highest BCUT2D eigenvalue weighted by Gasteiger charge is 2.23. The van der Waals surface area contributed by atoms with E-state index in [1.54, 1.807) is 0 Å². The van der Waals surface area contributed by atoms with E-state index in [-0.39, 0.29) is 19.7 Å². The predicted molar refractivity (Wildman–Crippen MR) is 56.9 cm³/mol. The molecule has 1 aliphatic heterocycles. The minimum Gasteiger partial charge on any atom is -0.389 e. The molecule has 8 nitrogen and oxygen atoms in total. The van der Waals surface area contributed by atoms with Crippen LogP contribution in [0.1, 0.15) is 0 Å². The van der Waals surface area contributed by atoms with E-state index >= 15 is 0 Å². The molecule has 0 aromatic rings.